The number of rotatable bonds is 1. The third kappa shape index (κ3) is 1.33. The van der Waals surface area contributed by atoms with Gasteiger partial charge in [0.25, 0.3) is 0 Å². The molecule has 0 bridgehead atoms. The summed E-state index contributed by atoms with van der Waals surface area (Å²) in [5.41, 5.74) is 1.39. The van der Waals surface area contributed by atoms with Gasteiger partial charge in [0.1, 0.15) is 0 Å². The maximum absolute atomic E-state index is 2.22. The fourth-order valence-electron chi connectivity index (χ4n) is 0.937. The van der Waals surface area contributed by atoms with Crippen LogP contribution in [0.3, 0.4) is 0 Å². The average Bonchev–Trinajstić information content (AvgIpc) is 2.10. The molecule has 0 nitrogen and oxygen atoms in total. The standard InChI is InChI=1S/C8H11S/c1-4-8-5-6(2)9-7(8)3/h4-5H,1-3H3. The van der Waals surface area contributed by atoms with Crippen LogP contribution < -0.4 is 0 Å². The minimum Gasteiger partial charge on any atom is -0.146 e. The van der Waals surface area contributed by atoms with Gasteiger partial charge >= 0.3 is 0 Å². The van der Waals surface area contributed by atoms with Gasteiger partial charge in [-0.3, -0.25) is 0 Å². The zero-order valence-electron chi connectivity index (χ0n) is 6.06. The maximum atomic E-state index is 2.22. The first-order valence-electron chi connectivity index (χ1n) is 3.10. The Morgan fingerprint density at radius 2 is 2.11 bits per heavy atom. The minimum atomic E-state index is 1.39. The van der Waals surface area contributed by atoms with Crippen LogP contribution in [0.4, 0.5) is 0 Å². The van der Waals surface area contributed by atoms with Gasteiger partial charge in [0.2, 0.25) is 0 Å². The van der Waals surface area contributed by atoms with Gasteiger partial charge in [0, 0.05) is 9.75 Å². The summed E-state index contributed by atoms with van der Waals surface area (Å²) in [7, 11) is 0. The van der Waals surface area contributed by atoms with E-state index in [0.29, 0.717) is 0 Å². The molecule has 0 saturated heterocycles. The van der Waals surface area contributed by atoms with Gasteiger partial charge in [-0.15, -0.1) is 11.3 Å². The van der Waals surface area contributed by atoms with Gasteiger partial charge in [-0.1, -0.05) is 6.92 Å². The van der Waals surface area contributed by atoms with E-state index < -0.39 is 0 Å². The molecule has 0 aliphatic heterocycles. The van der Waals surface area contributed by atoms with Gasteiger partial charge in [-0.25, -0.2) is 0 Å². The lowest BCUT2D eigenvalue weighted by Gasteiger charge is -1.87. The zero-order valence-corrected chi connectivity index (χ0v) is 6.88. The quantitative estimate of drug-likeness (QED) is 0.561. The smallest absolute Gasteiger partial charge is 0.00519 e. The summed E-state index contributed by atoms with van der Waals surface area (Å²) < 4.78 is 0. The largest absolute Gasteiger partial charge is 0.146 e. The van der Waals surface area contributed by atoms with E-state index in [-0.39, 0.29) is 0 Å². The van der Waals surface area contributed by atoms with E-state index in [1.165, 1.54) is 15.3 Å². The highest BCUT2D eigenvalue weighted by Crippen LogP contribution is 2.21. The Bertz CT molecular complexity index is 198. The van der Waals surface area contributed by atoms with E-state index >= 15 is 0 Å². The average molecular weight is 139 g/mol. The van der Waals surface area contributed by atoms with Crippen molar-refractivity contribution < 1.29 is 0 Å². The molecule has 1 rings (SSSR count). The van der Waals surface area contributed by atoms with E-state index in [9.17, 15) is 0 Å². The Labute approximate surface area is 60.5 Å². The molecule has 0 aromatic carbocycles. The van der Waals surface area contributed by atoms with Gasteiger partial charge in [-0.2, -0.15) is 0 Å². The molecule has 0 spiro atoms. The Hall–Kier alpha value is -0.300. The van der Waals surface area contributed by atoms with E-state index in [2.05, 4.69) is 33.3 Å². The summed E-state index contributed by atoms with van der Waals surface area (Å²) >= 11 is 1.86. The Morgan fingerprint density at radius 3 is 2.33 bits per heavy atom. The van der Waals surface area contributed by atoms with E-state index in [4.69, 9.17) is 0 Å². The molecule has 1 heterocycles. The molecule has 1 radical (unpaired) electrons. The molecule has 0 fully saturated rings. The van der Waals surface area contributed by atoms with Crippen molar-refractivity contribution in [2.24, 2.45) is 0 Å². The number of aryl methyl sites for hydroxylation is 2. The molecular formula is C8H11S. The second kappa shape index (κ2) is 2.53. The molecule has 0 aliphatic rings. The molecule has 1 aromatic heterocycles. The van der Waals surface area contributed by atoms with Gasteiger partial charge < -0.3 is 0 Å². The lowest BCUT2D eigenvalue weighted by molar-refractivity contribution is 1.40. The first-order chi connectivity index (χ1) is 4.24. The molecule has 0 aliphatic carbocycles. The van der Waals surface area contributed by atoms with E-state index in [1.807, 2.05) is 11.3 Å². The van der Waals surface area contributed by atoms with E-state index in [0.717, 1.165) is 0 Å². The van der Waals surface area contributed by atoms with Crippen molar-refractivity contribution in [2.75, 3.05) is 0 Å². The highest BCUT2D eigenvalue weighted by atomic mass is 32.1. The second-order valence-corrected chi connectivity index (χ2v) is 3.62. The van der Waals surface area contributed by atoms with Crippen LogP contribution in [0.1, 0.15) is 22.2 Å². The summed E-state index contributed by atoms with van der Waals surface area (Å²) in [6.07, 6.45) is 2.15. The van der Waals surface area contributed by atoms with Crippen LogP contribution in [-0.2, 0) is 0 Å². The van der Waals surface area contributed by atoms with Crippen LogP contribution in [0, 0.1) is 20.3 Å². The summed E-state index contributed by atoms with van der Waals surface area (Å²) in [5, 5.41) is 0. The van der Waals surface area contributed by atoms with Crippen LogP contribution >= 0.6 is 11.3 Å². The van der Waals surface area contributed by atoms with Crippen LogP contribution in [-0.4, -0.2) is 0 Å². The molecule has 49 valence electrons. The lowest BCUT2D eigenvalue weighted by Crippen LogP contribution is -1.71. The van der Waals surface area contributed by atoms with Crippen LogP contribution in [0.5, 0.6) is 0 Å². The van der Waals surface area contributed by atoms with Crippen molar-refractivity contribution >= 4 is 11.3 Å². The molecule has 9 heavy (non-hydrogen) atoms. The lowest BCUT2D eigenvalue weighted by atomic mass is 10.2. The predicted octanol–water partition coefficient (Wildman–Crippen LogP) is 2.94. The highest BCUT2D eigenvalue weighted by molar-refractivity contribution is 7.12. The molecule has 1 aromatic rings. The van der Waals surface area contributed by atoms with Crippen LogP contribution in [0.25, 0.3) is 0 Å². The first kappa shape index (κ1) is 6.81. The Balaban J connectivity index is 3.01. The number of hydrogen-bond donors (Lipinski definition) is 0. The fourth-order valence-corrected chi connectivity index (χ4v) is 1.90. The molecular weight excluding hydrogens is 128 g/mol. The molecule has 0 unspecified atom stereocenters. The summed E-state index contributed by atoms with van der Waals surface area (Å²) in [5.74, 6) is 0. The van der Waals surface area contributed by atoms with Crippen LogP contribution in [0.2, 0.25) is 0 Å². The van der Waals surface area contributed by atoms with Gasteiger partial charge in [0.05, 0.1) is 0 Å². The second-order valence-electron chi connectivity index (χ2n) is 2.16. The monoisotopic (exact) mass is 139 g/mol. The SMILES string of the molecule is C[CH]c1cc(C)sc1C. The van der Waals surface area contributed by atoms with Crippen molar-refractivity contribution in [1.82, 2.24) is 0 Å². The first-order valence-corrected chi connectivity index (χ1v) is 3.92. The fraction of sp³-hybridized carbons (Fsp3) is 0.375. The third-order valence-electron chi connectivity index (χ3n) is 1.39. The molecule has 0 N–H and O–H groups in total. The van der Waals surface area contributed by atoms with Crippen molar-refractivity contribution in [3.05, 3.63) is 27.8 Å². The summed E-state index contributed by atoms with van der Waals surface area (Å²) in [4.78, 5) is 2.83. The van der Waals surface area contributed by atoms with Crippen molar-refractivity contribution in [1.29, 1.82) is 0 Å². The molecule has 0 atom stereocenters. The molecule has 1 heteroatoms. The van der Waals surface area contributed by atoms with Crippen molar-refractivity contribution in [2.45, 2.75) is 20.8 Å². The van der Waals surface area contributed by atoms with Gasteiger partial charge in [-0.05, 0) is 31.9 Å². The third-order valence-corrected chi connectivity index (χ3v) is 2.37. The maximum Gasteiger partial charge on any atom is 0.00519 e. The Morgan fingerprint density at radius 1 is 1.44 bits per heavy atom. The molecule has 0 amide bonds. The molecule has 0 saturated carbocycles. The predicted molar refractivity (Wildman–Crippen MR) is 42.9 cm³/mol. The van der Waals surface area contributed by atoms with Gasteiger partial charge in [0.15, 0.2) is 0 Å². The minimum absolute atomic E-state index is 1.39. The van der Waals surface area contributed by atoms with Crippen molar-refractivity contribution in [3.63, 3.8) is 0 Å². The Kier molecular flexibility index (Phi) is 1.91. The topological polar surface area (TPSA) is 0 Å². The summed E-state index contributed by atoms with van der Waals surface area (Å²) in [6.45, 7) is 6.38. The highest BCUT2D eigenvalue weighted by Gasteiger charge is 1.97. The number of thiophene rings is 1. The number of hydrogen-bond acceptors (Lipinski definition) is 1. The van der Waals surface area contributed by atoms with E-state index in [1.54, 1.807) is 0 Å². The van der Waals surface area contributed by atoms with Crippen molar-refractivity contribution in [3.8, 4) is 0 Å². The normalized spacial score (nSPS) is 10.1. The van der Waals surface area contributed by atoms with Crippen LogP contribution in [0.15, 0.2) is 6.07 Å². The summed E-state index contributed by atoms with van der Waals surface area (Å²) in [6, 6.07) is 2.22. The zero-order chi connectivity index (χ0) is 6.85.